The second-order valence-corrected chi connectivity index (χ2v) is 7.73. The summed E-state index contributed by atoms with van der Waals surface area (Å²) in [4.78, 5) is 8.10. The van der Waals surface area contributed by atoms with E-state index in [4.69, 9.17) is 0 Å². The maximum atomic E-state index is 4.29. The van der Waals surface area contributed by atoms with Crippen molar-refractivity contribution in [2.75, 3.05) is 25.0 Å². The molecule has 2 heterocycles. The van der Waals surface area contributed by atoms with Gasteiger partial charge >= 0.3 is 0 Å². The van der Waals surface area contributed by atoms with Crippen molar-refractivity contribution in [2.45, 2.75) is 32.9 Å². The summed E-state index contributed by atoms with van der Waals surface area (Å²) >= 11 is 1.76. The summed E-state index contributed by atoms with van der Waals surface area (Å²) in [7, 11) is 1.81. The standard InChI is InChI=1S/C20H28N4S/c1-16-9-11-24(12-10-16)18-7-5-17(6-8-18)14-22-20(21-2)23-15-19-4-3-13-25-19/h3-8,13,16H,9-12,14-15H2,1-2H3,(H2,21,22,23). The molecule has 25 heavy (non-hydrogen) atoms. The molecule has 0 amide bonds. The molecule has 4 nitrogen and oxygen atoms in total. The van der Waals surface area contributed by atoms with Crippen LogP contribution >= 0.6 is 11.3 Å². The third-order valence-electron chi connectivity index (χ3n) is 4.78. The highest BCUT2D eigenvalue weighted by molar-refractivity contribution is 7.09. The molecule has 0 saturated carbocycles. The van der Waals surface area contributed by atoms with E-state index < -0.39 is 0 Å². The number of thiophene rings is 1. The van der Waals surface area contributed by atoms with Crippen LogP contribution in [0.25, 0.3) is 0 Å². The second kappa shape index (κ2) is 8.90. The quantitative estimate of drug-likeness (QED) is 0.631. The Balaban J connectivity index is 1.47. The highest BCUT2D eigenvalue weighted by Crippen LogP contribution is 2.23. The molecule has 0 bridgehead atoms. The van der Waals surface area contributed by atoms with E-state index >= 15 is 0 Å². The molecule has 2 aromatic rings. The lowest BCUT2D eigenvalue weighted by molar-refractivity contribution is 0.438. The Morgan fingerprint density at radius 1 is 1.12 bits per heavy atom. The number of guanidine groups is 1. The Bertz CT molecular complexity index is 656. The molecule has 1 saturated heterocycles. The molecule has 0 aliphatic carbocycles. The molecule has 1 aromatic carbocycles. The monoisotopic (exact) mass is 356 g/mol. The summed E-state index contributed by atoms with van der Waals surface area (Å²) in [5, 5.41) is 8.83. The normalized spacial score (nSPS) is 16.1. The zero-order valence-electron chi connectivity index (χ0n) is 15.2. The number of nitrogens with one attached hydrogen (secondary N) is 2. The van der Waals surface area contributed by atoms with E-state index in [0.29, 0.717) is 0 Å². The number of hydrogen-bond donors (Lipinski definition) is 2. The fraction of sp³-hybridized carbons (Fsp3) is 0.450. The molecule has 0 unspecified atom stereocenters. The van der Waals surface area contributed by atoms with Crippen molar-refractivity contribution >= 4 is 23.0 Å². The first-order chi connectivity index (χ1) is 12.2. The first-order valence-corrected chi connectivity index (χ1v) is 9.93. The molecule has 5 heteroatoms. The van der Waals surface area contributed by atoms with Crippen LogP contribution in [0.5, 0.6) is 0 Å². The average Bonchev–Trinajstić information content (AvgIpc) is 3.17. The molecule has 134 valence electrons. The lowest BCUT2D eigenvalue weighted by atomic mass is 9.99. The van der Waals surface area contributed by atoms with E-state index in [9.17, 15) is 0 Å². The SMILES string of the molecule is CN=C(NCc1ccc(N2CCC(C)CC2)cc1)NCc1cccs1. The number of anilines is 1. The number of rotatable bonds is 5. The van der Waals surface area contributed by atoms with Gasteiger partial charge < -0.3 is 15.5 Å². The Morgan fingerprint density at radius 3 is 2.48 bits per heavy atom. The van der Waals surface area contributed by atoms with Gasteiger partial charge in [0.05, 0.1) is 6.54 Å². The molecule has 1 aromatic heterocycles. The summed E-state index contributed by atoms with van der Waals surface area (Å²) in [6.07, 6.45) is 2.60. The molecule has 0 spiro atoms. The third-order valence-corrected chi connectivity index (χ3v) is 5.66. The van der Waals surface area contributed by atoms with E-state index in [-0.39, 0.29) is 0 Å². The second-order valence-electron chi connectivity index (χ2n) is 6.69. The Kier molecular flexibility index (Phi) is 6.34. The van der Waals surface area contributed by atoms with Crippen molar-refractivity contribution in [1.82, 2.24) is 10.6 Å². The van der Waals surface area contributed by atoms with Gasteiger partial charge in [-0.1, -0.05) is 25.1 Å². The van der Waals surface area contributed by atoms with E-state index in [1.54, 1.807) is 11.3 Å². The number of aliphatic imine (C=N–C) groups is 1. The van der Waals surface area contributed by atoms with Crippen LogP contribution in [0.3, 0.4) is 0 Å². The van der Waals surface area contributed by atoms with Gasteiger partial charge in [-0.3, -0.25) is 4.99 Å². The molecule has 1 fully saturated rings. The number of piperidine rings is 1. The molecular formula is C20H28N4S. The van der Waals surface area contributed by atoms with Crippen LogP contribution in [-0.2, 0) is 13.1 Å². The highest BCUT2D eigenvalue weighted by Gasteiger charge is 2.15. The number of nitrogens with zero attached hydrogens (tertiary/aromatic N) is 2. The van der Waals surface area contributed by atoms with Gasteiger partial charge in [-0.2, -0.15) is 0 Å². The zero-order valence-corrected chi connectivity index (χ0v) is 16.0. The summed E-state index contributed by atoms with van der Waals surface area (Å²) < 4.78 is 0. The Morgan fingerprint density at radius 2 is 1.84 bits per heavy atom. The van der Waals surface area contributed by atoms with Crippen molar-refractivity contribution in [3.63, 3.8) is 0 Å². The maximum absolute atomic E-state index is 4.29. The van der Waals surface area contributed by atoms with Crippen LogP contribution in [-0.4, -0.2) is 26.1 Å². The minimum Gasteiger partial charge on any atom is -0.372 e. The first kappa shape index (κ1) is 17.8. The van der Waals surface area contributed by atoms with Gasteiger partial charge in [-0.15, -0.1) is 11.3 Å². The predicted octanol–water partition coefficient (Wildman–Crippen LogP) is 3.85. The topological polar surface area (TPSA) is 39.7 Å². The molecular weight excluding hydrogens is 328 g/mol. The van der Waals surface area contributed by atoms with Crippen LogP contribution in [0.1, 0.15) is 30.2 Å². The zero-order chi connectivity index (χ0) is 17.5. The van der Waals surface area contributed by atoms with Gasteiger partial charge in [0.25, 0.3) is 0 Å². The number of hydrogen-bond acceptors (Lipinski definition) is 3. The van der Waals surface area contributed by atoms with Crippen molar-refractivity contribution < 1.29 is 0 Å². The van der Waals surface area contributed by atoms with Gasteiger partial charge in [-0.05, 0) is 47.9 Å². The van der Waals surface area contributed by atoms with Crippen molar-refractivity contribution in [3.05, 3.63) is 52.2 Å². The van der Waals surface area contributed by atoms with Crippen LogP contribution in [0.4, 0.5) is 5.69 Å². The highest BCUT2D eigenvalue weighted by atomic mass is 32.1. The van der Waals surface area contributed by atoms with E-state index in [1.165, 1.54) is 42.1 Å². The van der Waals surface area contributed by atoms with Gasteiger partial charge in [0.15, 0.2) is 5.96 Å². The van der Waals surface area contributed by atoms with Gasteiger partial charge in [0.1, 0.15) is 0 Å². The molecule has 1 aliphatic heterocycles. The summed E-state index contributed by atoms with van der Waals surface area (Å²) in [5.41, 5.74) is 2.61. The van der Waals surface area contributed by atoms with Crippen LogP contribution in [0.15, 0.2) is 46.8 Å². The van der Waals surface area contributed by atoms with E-state index in [1.807, 2.05) is 7.05 Å². The molecule has 2 N–H and O–H groups in total. The van der Waals surface area contributed by atoms with Gasteiger partial charge in [0.2, 0.25) is 0 Å². The van der Waals surface area contributed by atoms with Gasteiger partial charge in [0, 0.05) is 37.2 Å². The van der Waals surface area contributed by atoms with E-state index in [0.717, 1.165) is 25.0 Å². The lowest BCUT2D eigenvalue weighted by Gasteiger charge is -2.32. The minimum absolute atomic E-state index is 0.779. The summed E-state index contributed by atoms with van der Waals surface area (Å²) in [5.74, 6) is 1.70. The Hall–Kier alpha value is -2.01. The van der Waals surface area contributed by atoms with Crippen molar-refractivity contribution in [1.29, 1.82) is 0 Å². The van der Waals surface area contributed by atoms with Crippen LogP contribution in [0.2, 0.25) is 0 Å². The largest absolute Gasteiger partial charge is 0.372 e. The predicted molar refractivity (Wildman–Crippen MR) is 108 cm³/mol. The summed E-state index contributed by atoms with van der Waals surface area (Å²) in [6, 6.07) is 13.1. The minimum atomic E-state index is 0.779. The fourth-order valence-electron chi connectivity index (χ4n) is 3.08. The smallest absolute Gasteiger partial charge is 0.191 e. The van der Waals surface area contributed by atoms with Crippen molar-refractivity contribution in [3.8, 4) is 0 Å². The number of benzene rings is 1. The average molecular weight is 357 g/mol. The van der Waals surface area contributed by atoms with Crippen LogP contribution < -0.4 is 15.5 Å². The maximum Gasteiger partial charge on any atom is 0.191 e. The molecule has 3 rings (SSSR count). The molecule has 0 atom stereocenters. The van der Waals surface area contributed by atoms with Crippen molar-refractivity contribution in [2.24, 2.45) is 10.9 Å². The Labute approximate surface area is 155 Å². The molecule has 1 aliphatic rings. The van der Waals surface area contributed by atoms with E-state index in [2.05, 4.69) is 69.2 Å². The third kappa shape index (κ3) is 5.23. The fourth-order valence-corrected chi connectivity index (χ4v) is 3.73. The van der Waals surface area contributed by atoms with Crippen LogP contribution in [0, 0.1) is 5.92 Å². The lowest BCUT2D eigenvalue weighted by Crippen LogP contribution is -2.36. The van der Waals surface area contributed by atoms with Gasteiger partial charge in [-0.25, -0.2) is 0 Å². The molecule has 0 radical (unpaired) electrons. The first-order valence-electron chi connectivity index (χ1n) is 9.05. The summed E-state index contributed by atoms with van der Waals surface area (Å²) in [6.45, 7) is 6.30.